The van der Waals surface area contributed by atoms with Crippen LogP contribution < -0.4 is 4.74 Å². The number of ether oxygens (including phenoxy) is 1. The lowest BCUT2D eigenvalue weighted by Gasteiger charge is -2.10. The molecule has 0 atom stereocenters. The molecule has 2 rings (SSSR count). The largest absolute Gasteiger partial charge is 0.508 e. The smallest absolute Gasteiger partial charge is 0.298 e. The molecule has 2 aromatic carbocycles. The van der Waals surface area contributed by atoms with E-state index in [1.54, 1.807) is 12.1 Å². The van der Waals surface area contributed by atoms with E-state index in [-0.39, 0.29) is 16.4 Å². The van der Waals surface area contributed by atoms with Gasteiger partial charge in [0.15, 0.2) is 5.75 Å². The van der Waals surface area contributed by atoms with E-state index in [4.69, 9.17) is 4.74 Å². The molecule has 0 fully saturated rings. The van der Waals surface area contributed by atoms with Crippen molar-refractivity contribution in [3.8, 4) is 17.2 Å². The normalized spacial score (nSPS) is 11.5. The van der Waals surface area contributed by atoms with Gasteiger partial charge >= 0.3 is 0 Å². The van der Waals surface area contributed by atoms with Gasteiger partial charge in [0, 0.05) is 6.07 Å². The Morgan fingerprint density at radius 3 is 2.00 bits per heavy atom. The fraction of sp³-hybridized carbons (Fsp3) is 0.478. The highest BCUT2D eigenvalue weighted by Crippen LogP contribution is 2.32. The van der Waals surface area contributed by atoms with E-state index in [0.29, 0.717) is 5.75 Å². The van der Waals surface area contributed by atoms with Gasteiger partial charge in [-0.2, -0.15) is 8.42 Å². The van der Waals surface area contributed by atoms with Crippen LogP contribution in [0.15, 0.2) is 47.4 Å². The van der Waals surface area contributed by atoms with E-state index in [0.717, 1.165) is 18.9 Å². The van der Waals surface area contributed by atoms with Crippen LogP contribution in [0.2, 0.25) is 0 Å². The molecule has 0 radical (unpaired) electrons. The predicted molar refractivity (Wildman–Crippen MR) is 115 cm³/mol. The van der Waals surface area contributed by atoms with Crippen LogP contribution in [0.5, 0.6) is 17.2 Å². The van der Waals surface area contributed by atoms with Crippen molar-refractivity contribution in [1.82, 2.24) is 0 Å². The maximum Gasteiger partial charge on any atom is 0.298 e. The van der Waals surface area contributed by atoms with E-state index >= 15 is 0 Å². The Kier molecular flexibility index (Phi) is 9.48. The lowest BCUT2D eigenvalue weighted by atomic mass is 10.0. The Labute approximate surface area is 174 Å². The topological polar surface area (TPSA) is 83.8 Å². The summed E-state index contributed by atoms with van der Waals surface area (Å²) >= 11 is 0. The zero-order valence-electron chi connectivity index (χ0n) is 17.1. The van der Waals surface area contributed by atoms with Crippen molar-refractivity contribution in [3.63, 3.8) is 0 Å². The first-order chi connectivity index (χ1) is 13.9. The molecule has 2 N–H and O–H groups in total. The quantitative estimate of drug-likeness (QED) is 0.285. The number of rotatable bonds is 13. The van der Waals surface area contributed by atoms with Gasteiger partial charge in [0.05, 0.1) is 0 Å². The van der Waals surface area contributed by atoms with Crippen molar-refractivity contribution in [2.45, 2.75) is 76.0 Å². The van der Waals surface area contributed by atoms with Gasteiger partial charge in [-0.3, -0.25) is 4.55 Å². The summed E-state index contributed by atoms with van der Waals surface area (Å²) in [6, 6.07) is 10.9. The van der Waals surface area contributed by atoms with Crippen LogP contribution in [0.3, 0.4) is 0 Å². The number of aromatic hydroxyl groups is 1. The van der Waals surface area contributed by atoms with Crippen LogP contribution in [0.4, 0.5) is 0 Å². The molecule has 0 unspecified atom stereocenters. The molecule has 0 amide bonds. The Morgan fingerprint density at radius 2 is 1.41 bits per heavy atom. The molecule has 6 heteroatoms. The van der Waals surface area contributed by atoms with E-state index in [1.165, 1.54) is 69.1 Å². The zero-order valence-corrected chi connectivity index (χ0v) is 18.0. The van der Waals surface area contributed by atoms with Gasteiger partial charge in [0.1, 0.15) is 16.4 Å². The lowest BCUT2D eigenvalue weighted by molar-refractivity contribution is 0.437. The third kappa shape index (κ3) is 8.46. The first kappa shape index (κ1) is 23.2. The Morgan fingerprint density at radius 1 is 0.828 bits per heavy atom. The first-order valence-electron chi connectivity index (χ1n) is 10.5. The lowest BCUT2D eigenvalue weighted by Crippen LogP contribution is -2.01. The molecule has 0 saturated heterocycles. The molecule has 0 aliphatic heterocycles. The van der Waals surface area contributed by atoms with Crippen LogP contribution in [0.1, 0.15) is 70.3 Å². The predicted octanol–water partition coefficient (Wildman–Crippen LogP) is 6.50. The van der Waals surface area contributed by atoms with Crippen LogP contribution in [0.25, 0.3) is 0 Å². The van der Waals surface area contributed by atoms with Gasteiger partial charge in [0.25, 0.3) is 10.1 Å². The molecular weight excluding hydrogens is 388 g/mol. The van der Waals surface area contributed by atoms with E-state index in [1.807, 2.05) is 12.1 Å². The minimum absolute atomic E-state index is 0.112. The van der Waals surface area contributed by atoms with Gasteiger partial charge in [-0.05, 0) is 42.7 Å². The molecular formula is C23H32O5S. The highest BCUT2D eigenvalue weighted by Gasteiger charge is 2.18. The summed E-state index contributed by atoms with van der Waals surface area (Å²) in [6.45, 7) is 2.24. The van der Waals surface area contributed by atoms with Crippen molar-refractivity contribution in [2.75, 3.05) is 0 Å². The maximum absolute atomic E-state index is 11.5. The zero-order chi connectivity index (χ0) is 21.1. The summed E-state index contributed by atoms with van der Waals surface area (Å²) in [4.78, 5) is -0.380. The summed E-state index contributed by atoms with van der Waals surface area (Å²) in [7, 11) is -4.44. The van der Waals surface area contributed by atoms with Crippen LogP contribution >= 0.6 is 0 Å². The number of hydrogen-bond donors (Lipinski definition) is 2. The molecule has 0 bridgehead atoms. The van der Waals surface area contributed by atoms with Gasteiger partial charge < -0.3 is 9.84 Å². The number of benzene rings is 2. The number of aryl methyl sites for hydroxylation is 1. The second-order valence-electron chi connectivity index (χ2n) is 7.43. The van der Waals surface area contributed by atoms with E-state index in [2.05, 4.69) is 6.92 Å². The van der Waals surface area contributed by atoms with Crippen molar-refractivity contribution in [2.24, 2.45) is 0 Å². The van der Waals surface area contributed by atoms with Crippen molar-refractivity contribution >= 4 is 10.1 Å². The summed E-state index contributed by atoms with van der Waals surface area (Å²) < 4.78 is 37.8. The van der Waals surface area contributed by atoms with Crippen LogP contribution in [0, 0.1) is 0 Å². The molecule has 0 heterocycles. The third-order valence-corrected chi connectivity index (χ3v) is 5.82. The minimum Gasteiger partial charge on any atom is -0.508 e. The minimum atomic E-state index is -4.44. The highest BCUT2D eigenvalue weighted by atomic mass is 32.2. The second kappa shape index (κ2) is 11.8. The first-order valence-corrected chi connectivity index (χ1v) is 11.9. The standard InChI is InChI=1S/C23H32O5S/c1-2-3-4-5-6-7-8-9-10-11-19-12-15-21(16-13-19)28-22-18-20(24)14-17-23(22)29(25,26)27/h12-18,24H,2-11H2,1H3,(H,25,26,27). The van der Waals surface area contributed by atoms with E-state index in [9.17, 15) is 18.1 Å². The molecule has 5 nitrogen and oxygen atoms in total. The Balaban J connectivity index is 1.79. The highest BCUT2D eigenvalue weighted by molar-refractivity contribution is 7.86. The molecule has 0 aliphatic carbocycles. The average molecular weight is 421 g/mol. The van der Waals surface area contributed by atoms with Crippen molar-refractivity contribution < 1.29 is 22.8 Å². The molecule has 0 saturated carbocycles. The molecule has 0 aliphatic rings. The molecule has 29 heavy (non-hydrogen) atoms. The summed E-state index contributed by atoms with van der Waals surface area (Å²) in [6.07, 6.45) is 12.7. The molecule has 0 aromatic heterocycles. The number of phenols is 1. The van der Waals surface area contributed by atoms with Crippen LogP contribution in [-0.2, 0) is 16.5 Å². The van der Waals surface area contributed by atoms with Crippen molar-refractivity contribution in [3.05, 3.63) is 48.0 Å². The maximum atomic E-state index is 11.5. The van der Waals surface area contributed by atoms with E-state index < -0.39 is 10.1 Å². The number of phenolic OH excluding ortho intramolecular Hbond substituents is 1. The fourth-order valence-corrected chi connectivity index (χ4v) is 3.88. The number of unbranched alkanes of at least 4 members (excludes halogenated alkanes) is 8. The third-order valence-electron chi connectivity index (χ3n) is 4.93. The monoisotopic (exact) mass is 420 g/mol. The Bertz CT molecular complexity index is 844. The molecule has 2 aromatic rings. The summed E-state index contributed by atoms with van der Waals surface area (Å²) in [5, 5.41) is 9.58. The van der Waals surface area contributed by atoms with Gasteiger partial charge in [-0.15, -0.1) is 0 Å². The van der Waals surface area contributed by atoms with Crippen LogP contribution in [-0.4, -0.2) is 18.1 Å². The molecule has 160 valence electrons. The second-order valence-corrected chi connectivity index (χ2v) is 8.82. The van der Waals surface area contributed by atoms with Gasteiger partial charge in [0.2, 0.25) is 0 Å². The van der Waals surface area contributed by atoms with Gasteiger partial charge in [-0.1, -0.05) is 70.4 Å². The van der Waals surface area contributed by atoms with Crippen molar-refractivity contribution in [1.29, 1.82) is 0 Å². The summed E-state index contributed by atoms with van der Waals surface area (Å²) in [5.74, 6) is 0.185. The van der Waals surface area contributed by atoms with Gasteiger partial charge in [-0.25, -0.2) is 0 Å². The summed E-state index contributed by atoms with van der Waals surface area (Å²) in [5.41, 5.74) is 1.20. The Hall–Kier alpha value is -2.05. The average Bonchev–Trinajstić information content (AvgIpc) is 2.67. The SMILES string of the molecule is CCCCCCCCCCCc1ccc(Oc2cc(O)ccc2S(=O)(=O)O)cc1. The number of hydrogen-bond acceptors (Lipinski definition) is 4. The molecule has 0 spiro atoms. The fourth-order valence-electron chi connectivity index (χ4n) is 3.28.